The van der Waals surface area contributed by atoms with E-state index in [0.29, 0.717) is 13.1 Å². The molecule has 0 spiro atoms. The molecule has 2 aromatic heterocycles. The Morgan fingerprint density at radius 2 is 2.05 bits per heavy atom. The highest BCUT2D eigenvalue weighted by atomic mass is 16.5. The summed E-state index contributed by atoms with van der Waals surface area (Å²) < 4.78 is 5.17. The number of guanidine groups is 1. The number of hydrogen-bond donors (Lipinski definition) is 2. The maximum Gasteiger partial charge on any atom is 0.191 e. The minimum Gasteiger partial charge on any atom is -0.361 e. The largest absolute Gasteiger partial charge is 0.361 e. The van der Waals surface area contributed by atoms with Gasteiger partial charge in [0.05, 0.1) is 12.2 Å². The van der Waals surface area contributed by atoms with Crippen LogP contribution >= 0.6 is 0 Å². The predicted octanol–water partition coefficient (Wildman–Crippen LogP) is 2.25. The number of pyridine rings is 1. The first-order valence-corrected chi connectivity index (χ1v) is 7.45. The van der Waals surface area contributed by atoms with Gasteiger partial charge in [-0.25, -0.2) is 4.99 Å². The number of aliphatic imine (C=N–C) groups is 1. The maximum atomic E-state index is 5.17. The zero-order chi connectivity index (χ0) is 15.9. The Balaban J connectivity index is 1.99. The molecule has 0 saturated heterocycles. The summed E-state index contributed by atoms with van der Waals surface area (Å²) >= 11 is 0. The van der Waals surface area contributed by atoms with E-state index in [1.165, 1.54) is 0 Å². The molecule has 2 rings (SSSR count). The minimum absolute atomic E-state index is 0.588. The van der Waals surface area contributed by atoms with E-state index in [0.717, 1.165) is 40.8 Å². The highest BCUT2D eigenvalue weighted by Crippen LogP contribution is 2.11. The van der Waals surface area contributed by atoms with Gasteiger partial charge in [-0.15, -0.1) is 0 Å². The third-order valence-corrected chi connectivity index (χ3v) is 3.35. The molecule has 118 valence electrons. The topological polar surface area (TPSA) is 75.3 Å². The summed E-state index contributed by atoms with van der Waals surface area (Å²) in [5.41, 5.74) is 4.07. The fourth-order valence-corrected chi connectivity index (χ4v) is 2.03. The van der Waals surface area contributed by atoms with E-state index < -0.39 is 0 Å². The first-order valence-electron chi connectivity index (χ1n) is 7.45. The SMILES string of the molecule is CCNC(=NCc1ccc(C)nc1)NCc1c(C)noc1C. The van der Waals surface area contributed by atoms with Gasteiger partial charge < -0.3 is 15.2 Å². The van der Waals surface area contributed by atoms with Crippen molar-refractivity contribution < 1.29 is 4.52 Å². The summed E-state index contributed by atoms with van der Waals surface area (Å²) in [6, 6.07) is 4.04. The maximum absolute atomic E-state index is 5.17. The number of hydrogen-bond acceptors (Lipinski definition) is 4. The molecule has 2 heterocycles. The van der Waals surface area contributed by atoms with Crippen molar-refractivity contribution in [3.63, 3.8) is 0 Å². The van der Waals surface area contributed by atoms with Gasteiger partial charge in [-0.2, -0.15) is 0 Å². The van der Waals surface area contributed by atoms with Crippen LogP contribution in [0, 0.1) is 20.8 Å². The predicted molar refractivity (Wildman–Crippen MR) is 86.6 cm³/mol. The van der Waals surface area contributed by atoms with Crippen molar-refractivity contribution in [1.82, 2.24) is 20.8 Å². The summed E-state index contributed by atoms with van der Waals surface area (Å²) in [5.74, 6) is 1.60. The highest BCUT2D eigenvalue weighted by Gasteiger charge is 2.09. The first kappa shape index (κ1) is 16.0. The van der Waals surface area contributed by atoms with Gasteiger partial charge in [0.2, 0.25) is 0 Å². The molecule has 0 aromatic carbocycles. The third-order valence-electron chi connectivity index (χ3n) is 3.35. The van der Waals surface area contributed by atoms with Crippen molar-refractivity contribution in [1.29, 1.82) is 0 Å². The van der Waals surface area contributed by atoms with Crippen molar-refractivity contribution >= 4 is 5.96 Å². The Morgan fingerprint density at radius 3 is 2.64 bits per heavy atom. The lowest BCUT2D eigenvalue weighted by atomic mass is 10.2. The van der Waals surface area contributed by atoms with Crippen LogP contribution in [-0.4, -0.2) is 22.6 Å². The molecule has 6 nitrogen and oxygen atoms in total. The van der Waals surface area contributed by atoms with E-state index in [9.17, 15) is 0 Å². The van der Waals surface area contributed by atoms with E-state index in [2.05, 4.69) is 25.8 Å². The van der Waals surface area contributed by atoms with Gasteiger partial charge in [-0.05, 0) is 39.3 Å². The smallest absolute Gasteiger partial charge is 0.191 e. The molecular weight excluding hydrogens is 278 g/mol. The Hall–Kier alpha value is -2.37. The van der Waals surface area contributed by atoms with E-state index in [1.807, 2.05) is 46.0 Å². The number of rotatable bonds is 5. The third kappa shape index (κ3) is 4.31. The second kappa shape index (κ2) is 7.59. The van der Waals surface area contributed by atoms with Crippen LogP contribution in [-0.2, 0) is 13.1 Å². The molecule has 0 unspecified atom stereocenters. The van der Waals surface area contributed by atoms with Crippen molar-refractivity contribution in [2.45, 2.75) is 40.8 Å². The van der Waals surface area contributed by atoms with Crippen LogP contribution in [0.1, 0.15) is 35.2 Å². The molecule has 0 saturated carbocycles. The zero-order valence-electron chi connectivity index (χ0n) is 13.6. The van der Waals surface area contributed by atoms with Crippen molar-refractivity contribution in [2.24, 2.45) is 4.99 Å². The van der Waals surface area contributed by atoms with Crippen LogP contribution in [0.3, 0.4) is 0 Å². The molecule has 0 aliphatic rings. The lowest BCUT2D eigenvalue weighted by Gasteiger charge is -2.11. The van der Waals surface area contributed by atoms with Crippen LogP contribution in [0.25, 0.3) is 0 Å². The van der Waals surface area contributed by atoms with Gasteiger partial charge in [0.1, 0.15) is 5.76 Å². The van der Waals surface area contributed by atoms with Gasteiger partial charge in [0, 0.05) is 30.5 Å². The van der Waals surface area contributed by atoms with E-state index in [1.54, 1.807) is 0 Å². The van der Waals surface area contributed by atoms with Crippen molar-refractivity contribution in [3.05, 3.63) is 46.6 Å². The average Bonchev–Trinajstić information content (AvgIpc) is 2.83. The molecule has 0 aliphatic heterocycles. The molecule has 0 bridgehead atoms. The van der Waals surface area contributed by atoms with Crippen molar-refractivity contribution in [3.8, 4) is 0 Å². The normalized spacial score (nSPS) is 11.5. The minimum atomic E-state index is 0.588. The van der Waals surface area contributed by atoms with Gasteiger partial charge >= 0.3 is 0 Å². The Bertz CT molecular complexity index is 611. The van der Waals surface area contributed by atoms with Crippen LogP contribution in [0.5, 0.6) is 0 Å². The van der Waals surface area contributed by atoms with Crippen LogP contribution in [0.4, 0.5) is 0 Å². The van der Waals surface area contributed by atoms with Gasteiger partial charge in [0.15, 0.2) is 5.96 Å². The molecule has 6 heteroatoms. The standard InChI is InChI=1S/C16H23N5O/c1-5-17-16(19-9-14-7-6-11(2)18-8-14)20-10-15-12(3)21-22-13(15)4/h6-8H,5,9-10H2,1-4H3,(H2,17,19,20). The van der Waals surface area contributed by atoms with Gasteiger partial charge in [0.25, 0.3) is 0 Å². The molecule has 2 N–H and O–H groups in total. The number of aryl methyl sites for hydroxylation is 3. The summed E-state index contributed by atoms with van der Waals surface area (Å²) in [6.07, 6.45) is 1.86. The second-order valence-corrected chi connectivity index (χ2v) is 5.16. The molecule has 2 aromatic rings. The van der Waals surface area contributed by atoms with Gasteiger partial charge in [-0.3, -0.25) is 4.98 Å². The Labute approximate surface area is 131 Å². The fraction of sp³-hybridized carbons (Fsp3) is 0.438. The molecular formula is C16H23N5O. The van der Waals surface area contributed by atoms with E-state index in [4.69, 9.17) is 4.52 Å². The highest BCUT2D eigenvalue weighted by molar-refractivity contribution is 5.79. The quantitative estimate of drug-likeness (QED) is 0.654. The molecule has 22 heavy (non-hydrogen) atoms. The fourth-order valence-electron chi connectivity index (χ4n) is 2.03. The average molecular weight is 301 g/mol. The monoisotopic (exact) mass is 301 g/mol. The van der Waals surface area contributed by atoms with Crippen LogP contribution in [0.15, 0.2) is 27.8 Å². The molecule has 0 amide bonds. The molecule has 0 fully saturated rings. The summed E-state index contributed by atoms with van der Waals surface area (Å²) in [6.45, 7) is 9.90. The number of nitrogens with one attached hydrogen (secondary N) is 2. The van der Waals surface area contributed by atoms with E-state index in [-0.39, 0.29) is 0 Å². The lowest BCUT2D eigenvalue weighted by Crippen LogP contribution is -2.37. The first-order chi connectivity index (χ1) is 10.6. The summed E-state index contributed by atoms with van der Waals surface area (Å²) in [7, 11) is 0. The molecule has 0 atom stereocenters. The second-order valence-electron chi connectivity index (χ2n) is 5.16. The Morgan fingerprint density at radius 1 is 1.23 bits per heavy atom. The van der Waals surface area contributed by atoms with Crippen LogP contribution in [0.2, 0.25) is 0 Å². The number of aromatic nitrogens is 2. The molecule has 0 radical (unpaired) electrons. The summed E-state index contributed by atoms with van der Waals surface area (Å²) in [4.78, 5) is 8.86. The van der Waals surface area contributed by atoms with Crippen LogP contribution < -0.4 is 10.6 Å². The number of nitrogens with zero attached hydrogens (tertiary/aromatic N) is 3. The van der Waals surface area contributed by atoms with Crippen molar-refractivity contribution in [2.75, 3.05) is 6.54 Å². The van der Waals surface area contributed by atoms with E-state index >= 15 is 0 Å². The lowest BCUT2D eigenvalue weighted by molar-refractivity contribution is 0.392. The van der Waals surface area contributed by atoms with Gasteiger partial charge in [-0.1, -0.05) is 11.2 Å². The zero-order valence-corrected chi connectivity index (χ0v) is 13.6. The molecule has 0 aliphatic carbocycles. The Kier molecular flexibility index (Phi) is 5.52. The summed E-state index contributed by atoms with van der Waals surface area (Å²) in [5, 5.41) is 10.5.